The van der Waals surface area contributed by atoms with E-state index in [2.05, 4.69) is 10.6 Å². The molecule has 0 aromatic carbocycles. The summed E-state index contributed by atoms with van der Waals surface area (Å²) in [4.78, 5) is 11.4. The van der Waals surface area contributed by atoms with Crippen molar-refractivity contribution < 1.29 is 13.6 Å². The fourth-order valence-corrected chi connectivity index (χ4v) is 1.69. The number of halogens is 2. The fraction of sp³-hybridized carbons (Fsp3) is 0.889. The zero-order valence-corrected chi connectivity index (χ0v) is 8.22. The van der Waals surface area contributed by atoms with Crippen LogP contribution in [0.3, 0.4) is 0 Å². The molecule has 1 aliphatic heterocycles. The Morgan fingerprint density at radius 3 is 2.93 bits per heavy atom. The summed E-state index contributed by atoms with van der Waals surface area (Å²) >= 11 is 0. The monoisotopic (exact) mass is 206 g/mol. The van der Waals surface area contributed by atoms with Crippen molar-refractivity contribution in [1.29, 1.82) is 0 Å². The summed E-state index contributed by atoms with van der Waals surface area (Å²) in [5.74, 6) is -0.344. The van der Waals surface area contributed by atoms with Crippen molar-refractivity contribution in [3.05, 3.63) is 0 Å². The summed E-state index contributed by atoms with van der Waals surface area (Å²) < 4.78 is 23.6. The molecular weight excluding hydrogens is 190 g/mol. The number of nitrogens with one attached hydrogen (secondary N) is 2. The molecule has 0 bridgehead atoms. The maximum atomic E-state index is 11.8. The summed E-state index contributed by atoms with van der Waals surface area (Å²) in [7, 11) is 0. The number of rotatable bonds is 3. The van der Waals surface area contributed by atoms with Crippen molar-refractivity contribution in [2.75, 3.05) is 13.1 Å². The van der Waals surface area contributed by atoms with Gasteiger partial charge in [0.1, 0.15) is 0 Å². The molecule has 3 nitrogen and oxygen atoms in total. The van der Waals surface area contributed by atoms with Crippen LogP contribution in [0.25, 0.3) is 0 Å². The molecule has 1 aliphatic rings. The van der Waals surface area contributed by atoms with E-state index in [9.17, 15) is 13.6 Å². The van der Waals surface area contributed by atoms with E-state index in [0.717, 1.165) is 19.4 Å². The first-order valence-corrected chi connectivity index (χ1v) is 4.89. The van der Waals surface area contributed by atoms with E-state index >= 15 is 0 Å². The highest BCUT2D eigenvalue weighted by Crippen LogP contribution is 2.15. The molecule has 82 valence electrons. The standard InChI is InChI=1S/C9H16F2N2O/c1-6-4-7(2-3-12-6)9(14)13-5-8(10)11/h6-8,12H,2-5H2,1H3,(H,13,14). The van der Waals surface area contributed by atoms with Crippen LogP contribution in [0.15, 0.2) is 0 Å². The van der Waals surface area contributed by atoms with Crippen molar-refractivity contribution in [3.8, 4) is 0 Å². The van der Waals surface area contributed by atoms with Crippen LogP contribution in [0.4, 0.5) is 8.78 Å². The highest BCUT2D eigenvalue weighted by atomic mass is 19.3. The number of carbonyl (C=O) groups excluding carboxylic acids is 1. The van der Waals surface area contributed by atoms with E-state index in [1.807, 2.05) is 6.92 Å². The Morgan fingerprint density at radius 1 is 1.64 bits per heavy atom. The van der Waals surface area contributed by atoms with Crippen molar-refractivity contribution in [3.63, 3.8) is 0 Å². The first-order valence-electron chi connectivity index (χ1n) is 4.89. The second kappa shape index (κ2) is 5.24. The van der Waals surface area contributed by atoms with Crippen molar-refractivity contribution in [1.82, 2.24) is 10.6 Å². The quantitative estimate of drug-likeness (QED) is 0.715. The molecule has 0 aromatic rings. The maximum absolute atomic E-state index is 11.8. The zero-order valence-electron chi connectivity index (χ0n) is 8.22. The van der Waals surface area contributed by atoms with Crippen LogP contribution in [0, 0.1) is 5.92 Å². The van der Waals surface area contributed by atoms with Gasteiger partial charge in [-0.1, -0.05) is 0 Å². The summed E-state index contributed by atoms with van der Waals surface area (Å²) in [6.07, 6.45) is -0.993. The summed E-state index contributed by atoms with van der Waals surface area (Å²) in [6, 6.07) is 0.297. The Labute approximate surface area is 82.2 Å². The van der Waals surface area contributed by atoms with E-state index in [1.54, 1.807) is 0 Å². The predicted octanol–water partition coefficient (Wildman–Crippen LogP) is 0.756. The minimum Gasteiger partial charge on any atom is -0.350 e. The summed E-state index contributed by atoms with van der Waals surface area (Å²) in [5.41, 5.74) is 0. The second-order valence-corrected chi connectivity index (χ2v) is 3.71. The average molecular weight is 206 g/mol. The predicted molar refractivity (Wildman–Crippen MR) is 49.2 cm³/mol. The number of amides is 1. The second-order valence-electron chi connectivity index (χ2n) is 3.71. The molecule has 0 spiro atoms. The largest absolute Gasteiger partial charge is 0.350 e. The third-order valence-corrected chi connectivity index (χ3v) is 2.43. The van der Waals surface area contributed by atoms with E-state index < -0.39 is 13.0 Å². The van der Waals surface area contributed by atoms with Gasteiger partial charge >= 0.3 is 0 Å². The fourth-order valence-electron chi connectivity index (χ4n) is 1.69. The van der Waals surface area contributed by atoms with Gasteiger partial charge in [0.2, 0.25) is 5.91 Å². The van der Waals surface area contributed by atoms with Crippen molar-refractivity contribution in [2.45, 2.75) is 32.2 Å². The summed E-state index contributed by atoms with van der Waals surface area (Å²) in [6.45, 7) is 2.25. The van der Waals surface area contributed by atoms with Crippen LogP contribution < -0.4 is 10.6 Å². The normalized spacial score (nSPS) is 27.7. The molecule has 2 atom stereocenters. The molecule has 2 unspecified atom stereocenters. The van der Waals surface area contributed by atoms with Crippen LogP contribution in [0.2, 0.25) is 0 Å². The van der Waals surface area contributed by atoms with Crippen LogP contribution >= 0.6 is 0 Å². The first kappa shape index (κ1) is 11.4. The lowest BCUT2D eigenvalue weighted by molar-refractivity contribution is -0.126. The topological polar surface area (TPSA) is 41.1 Å². The van der Waals surface area contributed by atoms with Gasteiger partial charge in [-0.15, -0.1) is 0 Å². The third-order valence-electron chi connectivity index (χ3n) is 2.43. The summed E-state index contributed by atoms with van der Waals surface area (Å²) in [5, 5.41) is 5.46. The molecule has 1 saturated heterocycles. The van der Waals surface area contributed by atoms with E-state index in [4.69, 9.17) is 0 Å². The third kappa shape index (κ3) is 3.57. The highest BCUT2D eigenvalue weighted by molar-refractivity contribution is 5.78. The molecular formula is C9H16F2N2O. The highest BCUT2D eigenvalue weighted by Gasteiger charge is 2.24. The van der Waals surface area contributed by atoms with Gasteiger partial charge in [-0.05, 0) is 26.3 Å². The molecule has 1 amide bonds. The van der Waals surface area contributed by atoms with Gasteiger partial charge in [0.05, 0.1) is 6.54 Å². The van der Waals surface area contributed by atoms with Gasteiger partial charge in [0.25, 0.3) is 6.43 Å². The molecule has 0 saturated carbocycles. The molecule has 0 aromatic heterocycles. The lowest BCUT2D eigenvalue weighted by Crippen LogP contribution is -2.43. The van der Waals surface area contributed by atoms with Gasteiger partial charge in [0, 0.05) is 12.0 Å². The van der Waals surface area contributed by atoms with Gasteiger partial charge in [-0.25, -0.2) is 8.78 Å². The van der Waals surface area contributed by atoms with Crippen LogP contribution in [-0.2, 0) is 4.79 Å². The lowest BCUT2D eigenvalue weighted by atomic mass is 9.92. The molecule has 2 N–H and O–H groups in total. The number of hydrogen-bond donors (Lipinski definition) is 2. The Balaban J connectivity index is 2.29. The van der Waals surface area contributed by atoms with Crippen molar-refractivity contribution >= 4 is 5.91 Å². The number of hydrogen-bond acceptors (Lipinski definition) is 2. The molecule has 5 heteroatoms. The van der Waals surface area contributed by atoms with E-state index in [-0.39, 0.29) is 11.8 Å². The maximum Gasteiger partial charge on any atom is 0.255 e. The minimum atomic E-state index is -2.46. The van der Waals surface area contributed by atoms with Gasteiger partial charge < -0.3 is 10.6 Å². The Morgan fingerprint density at radius 2 is 2.36 bits per heavy atom. The average Bonchev–Trinajstić information content (AvgIpc) is 2.14. The van der Waals surface area contributed by atoms with Gasteiger partial charge in [-0.3, -0.25) is 4.79 Å². The number of alkyl halides is 2. The van der Waals surface area contributed by atoms with E-state index in [0.29, 0.717) is 6.04 Å². The minimum absolute atomic E-state index is 0.106. The molecule has 14 heavy (non-hydrogen) atoms. The van der Waals surface area contributed by atoms with E-state index in [1.165, 1.54) is 0 Å². The smallest absolute Gasteiger partial charge is 0.255 e. The Bertz CT molecular complexity index is 199. The molecule has 1 heterocycles. The Kier molecular flexibility index (Phi) is 4.25. The molecule has 1 fully saturated rings. The molecule has 1 rings (SSSR count). The number of carbonyl (C=O) groups is 1. The Hall–Kier alpha value is -0.710. The van der Waals surface area contributed by atoms with Gasteiger partial charge in [-0.2, -0.15) is 0 Å². The van der Waals surface area contributed by atoms with Crippen LogP contribution in [0.5, 0.6) is 0 Å². The SMILES string of the molecule is CC1CC(C(=O)NCC(F)F)CCN1. The van der Waals surface area contributed by atoms with Crippen LogP contribution in [0.1, 0.15) is 19.8 Å². The number of piperidine rings is 1. The first-order chi connectivity index (χ1) is 6.59. The lowest BCUT2D eigenvalue weighted by Gasteiger charge is -2.26. The zero-order chi connectivity index (χ0) is 10.6. The van der Waals surface area contributed by atoms with Gasteiger partial charge in [0.15, 0.2) is 0 Å². The van der Waals surface area contributed by atoms with Crippen LogP contribution in [-0.4, -0.2) is 31.5 Å². The molecule has 0 aliphatic carbocycles. The molecule has 0 radical (unpaired) electrons. The van der Waals surface area contributed by atoms with Crippen molar-refractivity contribution in [2.24, 2.45) is 5.92 Å².